The van der Waals surface area contributed by atoms with Crippen LogP contribution in [0, 0.1) is 5.82 Å². The van der Waals surface area contributed by atoms with Crippen molar-refractivity contribution in [3.8, 4) is 0 Å². The lowest BCUT2D eigenvalue weighted by atomic mass is 10.1. The van der Waals surface area contributed by atoms with Crippen LogP contribution in [0.2, 0.25) is 0 Å². The summed E-state index contributed by atoms with van der Waals surface area (Å²) in [5.41, 5.74) is 2.10. The van der Waals surface area contributed by atoms with Crippen molar-refractivity contribution in [2.45, 2.75) is 10.1 Å². The van der Waals surface area contributed by atoms with Crippen molar-refractivity contribution in [1.29, 1.82) is 0 Å². The van der Waals surface area contributed by atoms with Gasteiger partial charge in [0.05, 0.1) is 5.56 Å². The molecule has 170 valence electrons. The van der Waals surface area contributed by atoms with E-state index in [9.17, 15) is 14.0 Å². The van der Waals surface area contributed by atoms with E-state index in [1.54, 1.807) is 18.2 Å². The largest absolute Gasteiger partial charge is 0.325 e. The molecule has 4 rings (SSSR count). The first-order valence-corrected chi connectivity index (χ1v) is 12.1. The van der Waals surface area contributed by atoms with Crippen LogP contribution in [0.1, 0.15) is 21.2 Å². The molecule has 1 atom stereocenters. The Labute approximate surface area is 209 Å². The lowest BCUT2D eigenvalue weighted by Gasteiger charge is -2.17. The third-order valence-corrected chi connectivity index (χ3v) is 6.73. The van der Waals surface area contributed by atoms with Gasteiger partial charge in [-0.1, -0.05) is 58.4 Å². The number of amides is 2. The first kappa shape index (κ1) is 23.7. The number of anilines is 2. The second-order valence-electron chi connectivity index (χ2n) is 7.36. The molecule has 4 nitrogen and oxygen atoms in total. The van der Waals surface area contributed by atoms with Crippen LogP contribution < -0.4 is 10.6 Å². The van der Waals surface area contributed by atoms with Gasteiger partial charge in [0.25, 0.3) is 5.91 Å². The molecule has 7 heteroatoms. The van der Waals surface area contributed by atoms with Crippen LogP contribution in [-0.2, 0) is 4.79 Å². The number of hydrogen-bond donors (Lipinski definition) is 2. The van der Waals surface area contributed by atoms with E-state index < -0.39 is 17.0 Å². The van der Waals surface area contributed by atoms with Crippen LogP contribution in [0.5, 0.6) is 0 Å². The van der Waals surface area contributed by atoms with Gasteiger partial charge in [-0.2, -0.15) is 0 Å². The highest BCUT2D eigenvalue weighted by molar-refractivity contribution is 9.10. The molecule has 0 spiro atoms. The predicted octanol–water partition coefficient (Wildman–Crippen LogP) is 7.31. The number of rotatable bonds is 7. The fraction of sp³-hybridized carbons (Fsp3) is 0.0370. The number of carbonyl (C=O) groups excluding carboxylic acids is 2. The van der Waals surface area contributed by atoms with E-state index in [4.69, 9.17) is 0 Å². The zero-order chi connectivity index (χ0) is 23.9. The van der Waals surface area contributed by atoms with Gasteiger partial charge in [-0.15, -0.1) is 11.8 Å². The van der Waals surface area contributed by atoms with E-state index in [1.165, 1.54) is 30.0 Å². The minimum Gasteiger partial charge on any atom is -0.325 e. The molecule has 0 bridgehead atoms. The van der Waals surface area contributed by atoms with Crippen molar-refractivity contribution >= 4 is 50.9 Å². The molecule has 2 N–H and O–H groups in total. The van der Waals surface area contributed by atoms with Crippen LogP contribution in [-0.4, -0.2) is 11.8 Å². The van der Waals surface area contributed by atoms with E-state index in [2.05, 4.69) is 26.6 Å². The summed E-state index contributed by atoms with van der Waals surface area (Å²) in [6, 6.07) is 29.9. The van der Waals surface area contributed by atoms with E-state index >= 15 is 0 Å². The fourth-order valence-electron chi connectivity index (χ4n) is 3.24. The quantitative estimate of drug-likeness (QED) is 0.244. The molecular formula is C27H20BrFN2O2S. The maximum Gasteiger partial charge on any atom is 0.258 e. The Morgan fingerprint density at radius 1 is 0.735 bits per heavy atom. The standard InChI is InChI=1S/C27H20BrFN2O2S/c28-19-10-12-20(13-11-19)31-27(33)25(18-6-2-1-3-7-18)34-22-16-14-21(15-17-22)30-26(32)23-8-4-5-9-24(23)29/h1-17,25H,(H,30,32)(H,31,33). The van der Waals surface area contributed by atoms with Crippen LogP contribution in [0.4, 0.5) is 15.8 Å². The van der Waals surface area contributed by atoms with Crippen molar-refractivity contribution < 1.29 is 14.0 Å². The summed E-state index contributed by atoms with van der Waals surface area (Å²) in [6.45, 7) is 0. The minimum absolute atomic E-state index is 0.0188. The van der Waals surface area contributed by atoms with Crippen LogP contribution in [0.3, 0.4) is 0 Å². The zero-order valence-corrected chi connectivity index (χ0v) is 20.3. The van der Waals surface area contributed by atoms with E-state index in [0.29, 0.717) is 11.4 Å². The second-order valence-corrected chi connectivity index (χ2v) is 9.46. The summed E-state index contributed by atoms with van der Waals surface area (Å²) in [7, 11) is 0. The van der Waals surface area contributed by atoms with Gasteiger partial charge >= 0.3 is 0 Å². The summed E-state index contributed by atoms with van der Waals surface area (Å²) < 4.78 is 14.8. The molecule has 0 aromatic heterocycles. The molecule has 0 fully saturated rings. The van der Waals surface area contributed by atoms with E-state index in [1.807, 2.05) is 66.7 Å². The van der Waals surface area contributed by atoms with Crippen molar-refractivity contribution in [2.75, 3.05) is 10.6 Å². The highest BCUT2D eigenvalue weighted by atomic mass is 79.9. The van der Waals surface area contributed by atoms with Crippen molar-refractivity contribution in [2.24, 2.45) is 0 Å². The highest BCUT2D eigenvalue weighted by Gasteiger charge is 2.22. The lowest BCUT2D eigenvalue weighted by Crippen LogP contribution is -2.19. The first-order valence-electron chi connectivity index (χ1n) is 10.4. The Hall–Kier alpha value is -3.42. The number of carbonyl (C=O) groups is 2. The Bertz CT molecular complexity index is 1280. The molecule has 4 aromatic carbocycles. The van der Waals surface area contributed by atoms with E-state index in [-0.39, 0.29) is 11.5 Å². The molecule has 0 radical (unpaired) electrons. The summed E-state index contributed by atoms with van der Waals surface area (Å²) in [6.07, 6.45) is 0. The summed E-state index contributed by atoms with van der Waals surface area (Å²) in [5.74, 6) is -1.24. The monoisotopic (exact) mass is 534 g/mol. The SMILES string of the molecule is O=C(Nc1ccc(SC(C(=O)Nc2ccc(Br)cc2)c2ccccc2)cc1)c1ccccc1F. The molecule has 0 saturated carbocycles. The maximum atomic E-state index is 13.9. The maximum absolute atomic E-state index is 13.9. The molecule has 4 aromatic rings. The van der Waals surface area contributed by atoms with Gasteiger partial charge < -0.3 is 10.6 Å². The van der Waals surface area contributed by atoms with Crippen LogP contribution in [0.15, 0.2) is 112 Å². The summed E-state index contributed by atoms with van der Waals surface area (Å²) in [5, 5.41) is 5.19. The van der Waals surface area contributed by atoms with Gasteiger partial charge in [0.1, 0.15) is 11.1 Å². The third-order valence-electron chi connectivity index (χ3n) is 4.94. The van der Waals surface area contributed by atoms with Crippen molar-refractivity contribution in [3.63, 3.8) is 0 Å². The smallest absolute Gasteiger partial charge is 0.258 e. The molecule has 2 amide bonds. The Kier molecular flexibility index (Phi) is 7.77. The fourth-order valence-corrected chi connectivity index (χ4v) is 4.53. The second kappa shape index (κ2) is 11.1. The zero-order valence-electron chi connectivity index (χ0n) is 17.9. The van der Waals surface area contributed by atoms with Gasteiger partial charge in [-0.3, -0.25) is 9.59 Å². The third kappa shape index (κ3) is 6.12. The number of thioether (sulfide) groups is 1. The Morgan fingerprint density at radius 3 is 2.00 bits per heavy atom. The number of benzene rings is 4. The van der Waals surface area contributed by atoms with Crippen molar-refractivity contribution in [3.05, 3.63) is 125 Å². The normalized spacial score (nSPS) is 11.5. The molecular weight excluding hydrogens is 515 g/mol. The minimum atomic E-state index is -0.574. The molecule has 0 aliphatic rings. The summed E-state index contributed by atoms with van der Waals surface area (Å²) in [4.78, 5) is 26.4. The molecule has 0 heterocycles. The Morgan fingerprint density at radius 2 is 1.32 bits per heavy atom. The van der Waals surface area contributed by atoms with Crippen LogP contribution >= 0.6 is 27.7 Å². The van der Waals surface area contributed by atoms with Gasteiger partial charge in [0.15, 0.2) is 0 Å². The highest BCUT2D eigenvalue weighted by Crippen LogP contribution is 2.36. The van der Waals surface area contributed by atoms with Gasteiger partial charge in [-0.25, -0.2) is 4.39 Å². The molecule has 0 aliphatic carbocycles. The first-order chi connectivity index (χ1) is 16.5. The van der Waals surface area contributed by atoms with Gasteiger partial charge in [-0.05, 0) is 66.2 Å². The summed E-state index contributed by atoms with van der Waals surface area (Å²) >= 11 is 4.80. The number of nitrogens with one attached hydrogen (secondary N) is 2. The Balaban J connectivity index is 1.49. The lowest BCUT2D eigenvalue weighted by molar-refractivity contribution is -0.115. The van der Waals surface area contributed by atoms with E-state index in [0.717, 1.165) is 14.9 Å². The van der Waals surface area contributed by atoms with Gasteiger partial charge in [0.2, 0.25) is 5.91 Å². The molecule has 34 heavy (non-hydrogen) atoms. The molecule has 1 unspecified atom stereocenters. The average molecular weight is 535 g/mol. The number of halogens is 2. The molecule has 0 aliphatic heterocycles. The predicted molar refractivity (Wildman–Crippen MR) is 139 cm³/mol. The van der Waals surface area contributed by atoms with Crippen molar-refractivity contribution in [1.82, 2.24) is 0 Å². The number of hydrogen-bond acceptors (Lipinski definition) is 3. The average Bonchev–Trinajstić information content (AvgIpc) is 2.85. The molecule has 0 saturated heterocycles. The van der Waals surface area contributed by atoms with Gasteiger partial charge in [0, 0.05) is 20.7 Å². The van der Waals surface area contributed by atoms with Crippen LogP contribution in [0.25, 0.3) is 0 Å². The topological polar surface area (TPSA) is 58.2 Å².